The van der Waals surface area contributed by atoms with E-state index in [1.54, 1.807) is 6.20 Å². The Labute approximate surface area is 196 Å². The van der Waals surface area contributed by atoms with Crippen molar-refractivity contribution in [2.45, 2.75) is 71.9 Å². The predicted octanol–water partition coefficient (Wildman–Crippen LogP) is 5.23. The van der Waals surface area contributed by atoms with Crippen LogP contribution in [0.3, 0.4) is 0 Å². The molecular formula is C26H37N5O2. The quantitative estimate of drug-likeness (QED) is 0.492. The number of aryl methyl sites for hydroxylation is 2. The van der Waals surface area contributed by atoms with Gasteiger partial charge in [-0.25, -0.2) is 9.67 Å². The average Bonchev–Trinajstić information content (AvgIpc) is 3.39. The highest BCUT2D eigenvalue weighted by atomic mass is 16.3. The number of carbonyl (C=O) groups excluding carboxylic acids is 1. The molecule has 1 fully saturated rings. The summed E-state index contributed by atoms with van der Waals surface area (Å²) in [5.41, 5.74) is 3.04. The number of likely N-dealkylation sites (N-methyl/N-ethyl adjacent to an activating group) is 2. The lowest BCUT2D eigenvalue weighted by molar-refractivity contribution is 0.0769. The number of fused-ring (bicyclic) bond motifs is 1. The van der Waals surface area contributed by atoms with Gasteiger partial charge in [-0.3, -0.25) is 4.79 Å². The van der Waals surface area contributed by atoms with Gasteiger partial charge in [0.1, 0.15) is 11.5 Å². The molecule has 0 unspecified atom stereocenters. The Bertz CT molecular complexity index is 1120. The summed E-state index contributed by atoms with van der Waals surface area (Å²) in [5.74, 6) is 1.63. The number of aromatic nitrogens is 3. The summed E-state index contributed by atoms with van der Waals surface area (Å²) in [4.78, 5) is 22.8. The van der Waals surface area contributed by atoms with E-state index in [-0.39, 0.29) is 11.9 Å². The maximum atomic E-state index is 13.6. The summed E-state index contributed by atoms with van der Waals surface area (Å²) < 4.78 is 7.63. The molecule has 0 bridgehead atoms. The first-order valence-corrected chi connectivity index (χ1v) is 12.2. The molecule has 0 radical (unpaired) electrons. The van der Waals surface area contributed by atoms with Crippen LogP contribution in [0.15, 0.2) is 22.7 Å². The number of pyridine rings is 1. The van der Waals surface area contributed by atoms with E-state index in [2.05, 4.69) is 30.9 Å². The summed E-state index contributed by atoms with van der Waals surface area (Å²) in [6.45, 7) is 9.57. The first-order valence-electron chi connectivity index (χ1n) is 12.2. The van der Waals surface area contributed by atoms with Crippen LogP contribution in [-0.2, 0) is 0 Å². The molecule has 0 N–H and O–H groups in total. The highest BCUT2D eigenvalue weighted by Gasteiger charge is 2.23. The topological polar surface area (TPSA) is 67.4 Å². The first kappa shape index (κ1) is 23.5. The number of hydrogen-bond acceptors (Lipinski definition) is 5. The van der Waals surface area contributed by atoms with E-state index in [0.29, 0.717) is 18.2 Å². The number of amides is 1. The SMILES string of the molecule is Cc1cc(-c2cc(C(=O)N(C)CCN(C)C3CCCCC3)c3cnn(C(C)C)c3n2)c(C)o1. The number of hydrogen-bond donors (Lipinski definition) is 0. The van der Waals surface area contributed by atoms with Crippen molar-refractivity contribution < 1.29 is 9.21 Å². The standard InChI is InChI=1S/C26H37N5O2/c1-17(2)31-25-23(16-27-31)22(15-24(28-25)21-14-18(3)33-19(21)4)26(32)30(6)13-12-29(5)20-10-8-7-9-11-20/h14-17,20H,7-13H2,1-6H3. The second-order valence-electron chi connectivity index (χ2n) is 9.80. The molecule has 7 heteroatoms. The van der Waals surface area contributed by atoms with Gasteiger partial charge in [-0.1, -0.05) is 19.3 Å². The van der Waals surface area contributed by atoms with Crippen LogP contribution in [0.4, 0.5) is 0 Å². The smallest absolute Gasteiger partial charge is 0.254 e. The van der Waals surface area contributed by atoms with Gasteiger partial charge in [0, 0.05) is 37.8 Å². The minimum atomic E-state index is 0.00173. The van der Waals surface area contributed by atoms with Gasteiger partial charge in [-0.05, 0) is 59.7 Å². The van der Waals surface area contributed by atoms with Crippen LogP contribution >= 0.6 is 0 Å². The Morgan fingerprint density at radius 2 is 1.88 bits per heavy atom. The van der Waals surface area contributed by atoms with E-state index >= 15 is 0 Å². The van der Waals surface area contributed by atoms with Crippen molar-refractivity contribution in [3.05, 3.63) is 35.4 Å². The molecule has 1 amide bonds. The van der Waals surface area contributed by atoms with Gasteiger partial charge >= 0.3 is 0 Å². The van der Waals surface area contributed by atoms with Crippen molar-refractivity contribution in [3.8, 4) is 11.3 Å². The Morgan fingerprint density at radius 1 is 1.15 bits per heavy atom. The molecule has 0 saturated heterocycles. The lowest BCUT2D eigenvalue weighted by Crippen LogP contribution is -2.40. The number of rotatable bonds is 7. The van der Waals surface area contributed by atoms with E-state index in [4.69, 9.17) is 9.40 Å². The van der Waals surface area contributed by atoms with Gasteiger partial charge < -0.3 is 14.2 Å². The fourth-order valence-electron chi connectivity index (χ4n) is 4.92. The molecule has 0 aromatic carbocycles. The van der Waals surface area contributed by atoms with Gasteiger partial charge in [0.05, 0.1) is 22.8 Å². The highest BCUT2D eigenvalue weighted by molar-refractivity contribution is 6.06. The Morgan fingerprint density at radius 3 is 2.52 bits per heavy atom. The maximum Gasteiger partial charge on any atom is 0.254 e. The Hall–Kier alpha value is -2.67. The van der Waals surface area contributed by atoms with Crippen molar-refractivity contribution in [1.82, 2.24) is 24.6 Å². The third kappa shape index (κ3) is 4.83. The zero-order valence-electron chi connectivity index (χ0n) is 20.9. The fraction of sp³-hybridized carbons (Fsp3) is 0.577. The second kappa shape index (κ2) is 9.67. The Kier molecular flexibility index (Phi) is 6.88. The summed E-state index contributed by atoms with van der Waals surface area (Å²) in [7, 11) is 4.08. The predicted molar refractivity (Wildman–Crippen MR) is 132 cm³/mol. The molecule has 0 atom stereocenters. The van der Waals surface area contributed by atoms with Crippen LogP contribution in [-0.4, -0.2) is 63.7 Å². The lowest BCUT2D eigenvalue weighted by Gasteiger charge is -2.32. The molecule has 33 heavy (non-hydrogen) atoms. The summed E-state index contributed by atoms with van der Waals surface area (Å²) >= 11 is 0. The molecule has 0 aliphatic heterocycles. The van der Waals surface area contributed by atoms with Crippen LogP contribution < -0.4 is 0 Å². The highest BCUT2D eigenvalue weighted by Crippen LogP contribution is 2.30. The molecule has 1 saturated carbocycles. The lowest BCUT2D eigenvalue weighted by atomic mass is 9.94. The van der Waals surface area contributed by atoms with Gasteiger partial charge in [0.15, 0.2) is 5.65 Å². The second-order valence-corrected chi connectivity index (χ2v) is 9.80. The van der Waals surface area contributed by atoms with Gasteiger partial charge in [-0.15, -0.1) is 0 Å². The molecule has 3 heterocycles. The van der Waals surface area contributed by atoms with Crippen LogP contribution in [0, 0.1) is 13.8 Å². The third-order valence-electron chi connectivity index (χ3n) is 6.94. The molecule has 0 spiro atoms. The molecule has 4 rings (SSSR count). The van der Waals surface area contributed by atoms with Crippen LogP contribution in [0.5, 0.6) is 0 Å². The average molecular weight is 452 g/mol. The van der Waals surface area contributed by atoms with Crippen LogP contribution in [0.25, 0.3) is 22.3 Å². The summed E-state index contributed by atoms with van der Waals surface area (Å²) in [6, 6.07) is 4.66. The van der Waals surface area contributed by atoms with E-state index in [1.807, 2.05) is 42.6 Å². The number of nitrogens with zero attached hydrogens (tertiary/aromatic N) is 5. The van der Waals surface area contributed by atoms with E-state index < -0.39 is 0 Å². The monoisotopic (exact) mass is 451 g/mol. The van der Waals surface area contributed by atoms with E-state index in [9.17, 15) is 4.79 Å². The largest absolute Gasteiger partial charge is 0.466 e. The van der Waals surface area contributed by atoms with Crippen molar-refractivity contribution >= 4 is 16.9 Å². The summed E-state index contributed by atoms with van der Waals surface area (Å²) in [5, 5.41) is 5.34. The van der Waals surface area contributed by atoms with Crippen molar-refractivity contribution in [3.63, 3.8) is 0 Å². The number of carbonyl (C=O) groups is 1. The van der Waals surface area contributed by atoms with Gasteiger partial charge in [0.25, 0.3) is 5.91 Å². The zero-order valence-corrected chi connectivity index (χ0v) is 20.9. The zero-order chi connectivity index (χ0) is 23.7. The van der Waals surface area contributed by atoms with E-state index in [0.717, 1.165) is 40.4 Å². The van der Waals surface area contributed by atoms with Crippen molar-refractivity contribution in [1.29, 1.82) is 0 Å². The minimum Gasteiger partial charge on any atom is -0.466 e. The first-order chi connectivity index (χ1) is 15.8. The maximum absolute atomic E-state index is 13.6. The van der Waals surface area contributed by atoms with Crippen molar-refractivity contribution in [2.24, 2.45) is 0 Å². The molecule has 7 nitrogen and oxygen atoms in total. The minimum absolute atomic E-state index is 0.00173. The fourth-order valence-corrected chi connectivity index (χ4v) is 4.92. The van der Waals surface area contributed by atoms with Gasteiger partial charge in [-0.2, -0.15) is 5.10 Å². The molecule has 3 aromatic heterocycles. The molecule has 1 aliphatic carbocycles. The number of furan rings is 1. The van der Waals surface area contributed by atoms with Crippen molar-refractivity contribution in [2.75, 3.05) is 27.2 Å². The normalized spacial score (nSPS) is 15.2. The molecule has 3 aromatic rings. The van der Waals surface area contributed by atoms with Gasteiger partial charge in [0.2, 0.25) is 0 Å². The summed E-state index contributed by atoms with van der Waals surface area (Å²) in [6.07, 6.45) is 8.28. The Balaban J connectivity index is 1.63. The molecule has 1 aliphatic rings. The third-order valence-corrected chi connectivity index (χ3v) is 6.94. The van der Waals surface area contributed by atoms with Crippen LogP contribution in [0.1, 0.15) is 73.9 Å². The molecular weight excluding hydrogens is 414 g/mol. The van der Waals surface area contributed by atoms with Crippen LogP contribution in [0.2, 0.25) is 0 Å². The van der Waals surface area contributed by atoms with E-state index in [1.165, 1.54) is 32.1 Å². The molecule has 178 valence electrons.